The van der Waals surface area contributed by atoms with E-state index in [9.17, 15) is 0 Å². The van der Waals surface area contributed by atoms with E-state index in [2.05, 4.69) is 112 Å². The van der Waals surface area contributed by atoms with Crippen molar-refractivity contribution < 1.29 is 0 Å². The molecule has 44 heavy (non-hydrogen) atoms. The van der Waals surface area contributed by atoms with Crippen LogP contribution in [0.2, 0.25) is 0 Å². The molecule has 0 saturated heterocycles. The third kappa shape index (κ3) is 4.52. The molecule has 0 fully saturated rings. The number of nitrogens with zero attached hydrogens (tertiary/aromatic N) is 2. The summed E-state index contributed by atoms with van der Waals surface area (Å²) in [5.41, 5.74) is 18.7. The van der Waals surface area contributed by atoms with Crippen molar-refractivity contribution >= 4 is 60.0 Å². The van der Waals surface area contributed by atoms with Gasteiger partial charge in [-0.2, -0.15) is 0 Å². The maximum atomic E-state index is 5.55. The number of aromatic amines is 2. The third-order valence-corrected chi connectivity index (χ3v) is 11.0. The van der Waals surface area contributed by atoms with Crippen LogP contribution in [-0.2, 0) is 31.1 Å². The summed E-state index contributed by atoms with van der Waals surface area (Å²) in [6.07, 6.45) is 7.78. The molecule has 8 bridgehead atoms. The molecule has 6 rings (SSSR count). The summed E-state index contributed by atoms with van der Waals surface area (Å²) in [4.78, 5) is 18.8. The van der Waals surface area contributed by atoms with Crippen LogP contribution in [0.4, 0.5) is 0 Å². The maximum absolute atomic E-state index is 5.55. The topological polar surface area (TPSA) is 57.4 Å². The second-order valence-electron chi connectivity index (χ2n) is 12.3. The minimum absolute atomic E-state index is 0.158. The summed E-state index contributed by atoms with van der Waals surface area (Å²) < 4.78 is 1.09. The van der Waals surface area contributed by atoms with Gasteiger partial charge < -0.3 is 9.97 Å². The highest BCUT2D eigenvalue weighted by atomic mass is 79.9. The van der Waals surface area contributed by atoms with Crippen molar-refractivity contribution in [3.05, 3.63) is 79.7 Å². The average molecular weight is 652 g/mol. The van der Waals surface area contributed by atoms with Crippen LogP contribution in [0, 0.1) is 0 Å². The highest BCUT2D eigenvalue weighted by Gasteiger charge is 2.39. The molecule has 4 aromatic rings. The fourth-order valence-electron chi connectivity index (χ4n) is 8.23. The second kappa shape index (κ2) is 12.0. The molecule has 0 atom stereocenters. The molecule has 2 aliphatic rings. The van der Waals surface area contributed by atoms with Gasteiger partial charge in [0.2, 0.25) is 0 Å². The van der Waals surface area contributed by atoms with Crippen molar-refractivity contribution in [2.24, 2.45) is 0 Å². The van der Waals surface area contributed by atoms with Crippen LogP contribution in [0.5, 0.6) is 0 Å². The molecular formula is C39H47BrN4. The Kier molecular flexibility index (Phi) is 8.38. The van der Waals surface area contributed by atoms with Gasteiger partial charge in [0, 0.05) is 37.3 Å². The number of fused-ring (bicyclic) bond motifs is 8. The van der Waals surface area contributed by atoms with Crippen LogP contribution in [0.15, 0.2) is 34.8 Å². The van der Waals surface area contributed by atoms with Gasteiger partial charge in [-0.25, -0.2) is 4.98 Å². The van der Waals surface area contributed by atoms with Crippen LogP contribution in [-0.4, -0.2) is 19.9 Å². The highest BCUT2D eigenvalue weighted by molar-refractivity contribution is 9.10. The molecule has 0 unspecified atom stereocenters. The van der Waals surface area contributed by atoms with Gasteiger partial charge >= 0.3 is 0 Å². The van der Waals surface area contributed by atoms with E-state index in [0.717, 1.165) is 83.8 Å². The molecule has 0 aliphatic carbocycles. The lowest BCUT2D eigenvalue weighted by Crippen LogP contribution is -2.23. The van der Waals surface area contributed by atoms with Crippen molar-refractivity contribution in [2.45, 2.75) is 112 Å². The molecule has 0 saturated carbocycles. The van der Waals surface area contributed by atoms with Crippen LogP contribution < -0.4 is 0 Å². The number of H-pyrrole nitrogens is 2. The van der Waals surface area contributed by atoms with Crippen molar-refractivity contribution in [1.82, 2.24) is 19.9 Å². The number of hydrogen-bond acceptors (Lipinski definition) is 2. The molecule has 5 heterocycles. The van der Waals surface area contributed by atoms with Crippen LogP contribution in [0.3, 0.4) is 0 Å². The van der Waals surface area contributed by atoms with Gasteiger partial charge in [-0.1, -0.05) is 71.3 Å². The third-order valence-electron chi connectivity index (χ3n) is 10.5. The number of hydrogen-bond donors (Lipinski definition) is 2. The first-order valence-electron chi connectivity index (χ1n) is 17.0. The van der Waals surface area contributed by atoms with E-state index in [-0.39, 0.29) is 5.41 Å². The lowest BCUT2D eigenvalue weighted by atomic mass is 9.74. The lowest BCUT2D eigenvalue weighted by Gasteiger charge is -2.28. The zero-order chi connectivity index (χ0) is 31.3. The van der Waals surface area contributed by atoms with E-state index in [4.69, 9.17) is 9.97 Å². The normalized spacial score (nSPS) is 14.4. The predicted molar refractivity (Wildman–Crippen MR) is 192 cm³/mol. The smallest absolute Gasteiger partial charge is 0.0769 e. The molecule has 3 aromatic heterocycles. The van der Waals surface area contributed by atoms with Gasteiger partial charge in [0.1, 0.15) is 0 Å². The van der Waals surface area contributed by atoms with Crippen LogP contribution in [0.1, 0.15) is 126 Å². The molecule has 4 nitrogen and oxygen atoms in total. The Morgan fingerprint density at radius 1 is 0.591 bits per heavy atom. The summed E-state index contributed by atoms with van der Waals surface area (Å²) in [5.74, 6) is 0. The van der Waals surface area contributed by atoms with Gasteiger partial charge in [-0.15, -0.1) is 0 Å². The van der Waals surface area contributed by atoms with E-state index >= 15 is 0 Å². The van der Waals surface area contributed by atoms with Crippen molar-refractivity contribution in [2.75, 3.05) is 0 Å². The maximum Gasteiger partial charge on any atom is 0.0769 e. The minimum Gasteiger partial charge on any atom is -0.355 e. The quantitative estimate of drug-likeness (QED) is 0.199. The van der Waals surface area contributed by atoms with E-state index in [1.54, 1.807) is 0 Å². The van der Waals surface area contributed by atoms with Crippen LogP contribution >= 0.6 is 15.9 Å². The Labute approximate surface area is 271 Å². The molecule has 0 amide bonds. The minimum atomic E-state index is -0.158. The van der Waals surface area contributed by atoms with Crippen molar-refractivity contribution in [3.8, 4) is 0 Å². The lowest BCUT2D eigenvalue weighted by molar-refractivity contribution is 0.482. The highest BCUT2D eigenvalue weighted by Crippen LogP contribution is 2.48. The molecule has 0 radical (unpaired) electrons. The molecule has 230 valence electrons. The molecular weight excluding hydrogens is 604 g/mol. The van der Waals surface area contributed by atoms with Gasteiger partial charge in [0.25, 0.3) is 0 Å². The summed E-state index contributed by atoms with van der Waals surface area (Å²) in [6, 6.07) is 11.6. The van der Waals surface area contributed by atoms with Gasteiger partial charge in [0.15, 0.2) is 0 Å². The molecule has 2 aliphatic heterocycles. The average Bonchev–Trinajstić information content (AvgIpc) is 3.74. The van der Waals surface area contributed by atoms with Crippen LogP contribution in [0.25, 0.3) is 44.1 Å². The van der Waals surface area contributed by atoms with Crippen molar-refractivity contribution in [1.29, 1.82) is 0 Å². The second-order valence-corrected chi connectivity index (χ2v) is 13.2. The Hall–Kier alpha value is -3.18. The Balaban J connectivity index is 1.92. The first-order chi connectivity index (χ1) is 21.3. The number of benzene rings is 1. The number of aryl methyl sites for hydroxylation is 4. The predicted octanol–water partition coefficient (Wildman–Crippen LogP) is 11.3. The van der Waals surface area contributed by atoms with E-state index in [0.29, 0.717) is 0 Å². The fraction of sp³-hybridized carbons (Fsp3) is 0.436. The Morgan fingerprint density at radius 3 is 1.61 bits per heavy atom. The standard InChI is InChI=1S/C39H47BrN4/c1-9-23-24(10-2)33-20-34-27(13-5)28(14-6)37(43-34)29-17-22(40)18-30-38(29)44-36(39(30,15-7)16-8)21-35-26(12-4)25(11-3)32(42-35)19-31(23)41-33/h17-21,41-42H,9-16H2,1-8H3. The zero-order valence-corrected chi connectivity index (χ0v) is 29.4. The van der Waals surface area contributed by atoms with Gasteiger partial charge in [0.05, 0.1) is 22.6 Å². The molecule has 5 heteroatoms. The first kappa shape index (κ1) is 30.8. The van der Waals surface area contributed by atoms with Gasteiger partial charge in [-0.05, 0) is 121 Å². The fourth-order valence-corrected chi connectivity index (χ4v) is 8.69. The Bertz CT molecular complexity index is 1970. The number of halogens is 1. The SMILES string of the molecule is CCC1=C(CC)c2nc1cc1[nH]c(cc3[nH]c(cc4nc5c(cc(Br)cc25)C4(CC)CC)c(CC)c3CC)c(CC)c1CC. The number of aromatic nitrogens is 4. The summed E-state index contributed by atoms with van der Waals surface area (Å²) >= 11 is 3.92. The van der Waals surface area contributed by atoms with E-state index in [1.165, 1.54) is 61.0 Å². The number of nitrogens with one attached hydrogen (secondary N) is 2. The summed E-state index contributed by atoms with van der Waals surface area (Å²) in [6.45, 7) is 18.3. The molecule has 2 N–H and O–H groups in total. The summed E-state index contributed by atoms with van der Waals surface area (Å²) in [7, 11) is 0. The zero-order valence-electron chi connectivity index (χ0n) is 27.8. The van der Waals surface area contributed by atoms with Crippen molar-refractivity contribution in [3.63, 3.8) is 0 Å². The monoisotopic (exact) mass is 650 g/mol. The molecule has 1 aromatic carbocycles. The number of allylic oxidation sites excluding steroid dienone is 2. The molecule has 0 spiro atoms. The number of rotatable bonds is 8. The first-order valence-corrected chi connectivity index (χ1v) is 17.7. The van der Waals surface area contributed by atoms with E-state index < -0.39 is 0 Å². The van der Waals surface area contributed by atoms with Gasteiger partial charge in [-0.3, -0.25) is 4.98 Å². The summed E-state index contributed by atoms with van der Waals surface area (Å²) in [5, 5.41) is 1.14. The van der Waals surface area contributed by atoms with E-state index in [1.807, 2.05) is 0 Å². The largest absolute Gasteiger partial charge is 0.355 e. The Morgan fingerprint density at radius 2 is 1.11 bits per heavy atom.